The molecule has 2 aromatic rings. The maximum Gasteiger partial charge on any atom is 0.242 e. The van der Waals surface area contributed by atoms with Crippen LogP contribution in [-0.4, -0.2) is 59.4 Å². The van der Waals surface area contributed by atoms with Crippen LogP contribution in [0.4, 0.5) is 0 Å². The summed E-state index contributed by atoms with van der Waals surface area (Å²) in [4.78, 5) is 33.2. The molecule has 7 nitrogen and oxygen atoms in total. The maximum atomic E-state index is 13.0. The Balaban J connectivity index is 1.47. The average Bonchev–Trinajstić information content (AvgIpc) is 3.63. The molecule has 0 N–H and O–H groups in total. The quantitative estimate of drug-likeness (QED) is 0.702. The maximum absolute atomic E-state index is 13.0. The van der Waals surface area contributed by atoms with Crippen molar-refractivity contribution in [2.24, 2.45) is 5.92 Å². The van der Waals surface area contributed by atoms with Gasteiger partial charge in [-0.1, -0.05) is 12.1 Å². The molecule has 1 aromatic carbocycles. The van der Waals surface area contributed by atoms with Crippen molar-refractivity contribution in [3.05, 3.63) is 59.9 Å². The number of nitrogens with zero attached hydrogens (tertiary/aromatic N) is 3. The Morgan fingerprint density at radius 1 is 1.07 bits per heavy atom. The van der Waals surface area contributed by atoms with Gasteiger partial charge in [0.05, 0.1) is 26.4 Å². The van der Waals surface area contributed by atoms with Crippen molar-refractivity contribution in [1.82, 2.24) is 14.8 Å². The number of ether oxygens (including phenoxy) is 2. The van der Waals surface area contributed by atoms with E-state index in [1.165, 1.54) is 0 Å². The van der Waals surface area contributed by atoms with E-state index in [9.17, 15) is 9.59 Å². The first kappa shape index (κ1) is 20.3. The van der Waals surface area contributed by atoms with Crippen molar-refractivity contribution >= 4 is 11.8 Å². The standard InChI is InChI=1S/C23H27N3O4/c1-29-20-6-2-17(3-7-20)12-25-13-21(30-16-18-8-10-24-11-9-18)14-26(15-22(25)27)23(28)19-4-5-19/h2-3,6-11,19,21H,4-5,12-16H2,1H3. The van der Waals surface area contributed by atoms with E-state index in [2.05, 4.69) is 4.98 Å². The highest BCUT2D eigenvalue weighted by Gasteiger charge is 2.38. The molecule has 158 valence electrons. The van der Waals surface area contributed by atoms with Crippen molar-refractivity contribution in [3.63, 3.8) is 0 Å². The molecule has 1 aliphatic carbocycles. The van der Waals surface area contributed by atoms with Gasteiger partial charge in [0.2, 0.25) is 11.8 Å². The molecule has 0 spiro atoms. The first-order valence-electron chi connectivity index (χ1n) is 10.3. The summed E-state index contributed by atoms with van der Waals surface area (Å²) < 4.78 is 11.4. The number of amides is 2. The number of hydrogen-bond donors (Lipinski definition) is 0. The third-order valence-electron chi connectivity index (χ3n) is 5.53. The van der Waals surface area contributed by atoms with E-state index in [1.54, 1.807) is 29.3 Å². The van der Waals surface area contributed by atoms with Gasteiger partial charge in [-0.3, -0.25) is 14.6 Å². The Hall–Kier alpha value is -2.93. The van der Waals surface area contributed by atoms with E-state index in [1.807, 2.05) is 36.4 Å². The minimum absolute atomic E-state index is 0.0465. The van der Waals surface area contributed by atoms with E-state index in [-0.39, 0.29) is 30.4 Å². The van der Waals surface area contributed by atoms with Crippen LogP contribution in [0.25, 0.3) is 0 Å². The highest BCUT2D eigenvalue weighted by Crippen LogP contribution is 2.31. The summed E-state index contributed by atoms with van der Waals surface area (Å²) in [6.45, 7) is 1.89. The number of carbonyl (C=O) groups is 2. The molecule has 7 heteroatoms. The molecule has 1 unspecified atom stereocenters. The molecule has 4 rings (SSSR count). The van der Waals surface area contributed by atoms with Gasteiger partial charge in [0.15, 0.2) is 0 Å². The van der Waals surface area contributed by atoms with E-state index < -0.39 is 0 Å². The van der Waals surface area contributed by atoms with Crippen LogP contribution in [0, 0.1) is 5.92 Å². The number of rotatable bonds is 7. The smallest absolute Gasteiger partial charge is 0.242 e. The minimum atomic E-state index is -0.245. The summed E-state index contributed by atoms with van der Waals surface area (Å²) >= 11 is 0. The average molecular weight is 409 g/mol. The van der Waals surface area contributed by atoms with E-state index in [4.69, 9.17) is 9.47 Å². The van der Waals surface area contributed by atoms with Crippen molar-refractivity contribution in [1.29, 1.82) is 0 Å². The lowest BCUT2D eigenvalue weighted by Gasteiger charge is -2.25. The summed E-state index contributed by atoms with van der Waals surface area (Å²) in [6, 6.07) is 11.5. The van der Waals surface area contributed by atoms with E-state index in [0.29, 0.717) is 26.2 Å². The van der Waals surface area contributed by atoms with Crippen LogP contribution in [0.1, 0.15) is 24.0 Å². The SMILES string of the molecule is COc1ccc(CN2CC(OCc3ccncc3)CN(C(=O)C3CC3)CC2=O)cc1. The number of pyridine rings is 1. The van der Waals surface area contributed by atoms with Crippen molar-refractivity contribution in [2.75, 3.05) is 26.7 Å². The van der Waals surface area contributed by atoms with Crippen molar-refractivity contribution in [2.45, 2.75) is 32.1 Å². The Bertz CT molecular complexity index is 868. The second-order valence-corrected chi connectivity index (χ2v) is 7.90. The van der Waals surface area contributed by atoms with Crippen LogP contribution < -0.4 is 4.74 Å². The van der Waals surface area contributed by atoms with Gasteiger partial charge >= 0.3 is 0 Å². The van der Waals surface area contributed by atoms with Crippen LogP contribution in [0.3, 0.4) is 0 Å². The van der Waals surface area contributed by atoms with Gasteiger partial charge in [0.1, 0.15) is 5.75 Å². The number of benzene rings is 1. The normalized spacial score (nSPS) is 19.5. The van der Waals surface area contributed by atoms with Crippen LogP contribution in [-0.2, 0) is 27.5 Å². The lowest BCUT2D eigenvalue weighted by Crippen LogP contribution is -2.40. The van der Waals surface area contributed by atoms with Gasteiger partial charge in [0, 0.05) is 37.9 Å². The molecule has 1 saturated carbocycles. The molecular formula is C23H27N3O4. The number of carbonyl (C=O) groups excluding carboxylic acids is 2. The number of hydrogen-bond acceptors (Lipinski definition) is 5. The van der Waals surface area contributed by atoms with Crippen LogP contribution in [0.5, 0.6) is 5.75 Å². The minimum Gasteiger partial charge on any atom is -0.497 e. The number of aromatic nitrogens is 1. The predicted molar refractivity (Wildman–Crippen MR) is 111 cm³/mol. The highest BCUT2D eigenvalue weighted by atomic mass is 16.5. The molecule has 2 heterocycles. The Kier molecular flexibility index (Phi) is 6.28. The fourth-order valence-electron chi connectivity index (χ4n) is 3.64. The highest BCUT2D eigenvalue weighted by molar-refractivity contribution is 5.87. The molecule has 1 saturated heterocycles. The zero-order valence-electron chi connectivity index (χ0n) is 17.2. The molecular weight excluding hydrogens is 382 g/mol. The monoisotopic (exact) mass is 409 g/mol. The summed E-state index contributed by atoms with van der Waals surface area (Å²) in [5.74, 6) is 0.884. The molecule has 2 fully saturated rings. The number of methoxy groups -OCH3 is 1. The van der Waals surface area contributed by atoms with Gasteiger partial charge < -0.3 is 19.3 Å². The van der Waals surface area contributed by atoms with E-state index in [0.717, 1.165) is 29.7 Å². The van der Waals surface area contributed by atoms with Gasteiger partial charge in [-0.15, -0.1) is 0 Å². The summed E-state index contributed by atoms with van der Waals surface area (Å²) in [6.07, 6.45) is 5.05. The molecule has 0 radical (unpaired) electrons. The summed E-state index contributed by atoms with van der Waals surface area (Å²) in [5, 5.41) is 0. The first-order valence-corrected chi connectivity index (χ1v) is 10.3. The molecule has 30 heavy (non-hydrogen) atoms. The van der Waals surface area contributed by atoms with Crippen LogP contribution >= 0.6 is 0 Å². The van der Waals surface area contributed by atoms with Crippen molar-refractivity contribution < 1.29 is 19.1 Å². The van der Waals surface area contributed by atoms with Crippen LogP contribution in [0.15, 0.2) is 48.8 Å². The zero-order valence-corrected chi connectivity index (χ0v) is 17.2. The fourth-order valence-corrected chi connectivity index (χ4v) is 3.64. The Labute approximate surface area is 176 Å². The van der Waals surface area contributed by atoms with Gasteiger partial charge in [-0.25, -0.2) is 0 Å². The lowest BCUT2D eigenvalue weighted by molar-refractivity contribution is -0.139. The molecule has 0 bridgehead atoms. The Morgan fingerprint density at radius 2 is 1.80 bits per heavy atom. The van der Waals surface area contributed by atoms with Crippen molar-refractivity contribution in [3.8, 4) is 5.75 Å². The molecule has 2 amide bonds. The second kappa shape index (κ2) is 9.26. The topological polar surface area (TPSA) is 72.0 Å². The molecule has 1 aliphatic heterocycles. The molecule has 1 aromatic heterocycles. The third kappa shape index (κ3) is 5.16. The summed E-state index contributed by atoms with van der Waals surface area (Å²) in [5.41, 5.74) is 2.03. The van der Waals surface area contributed by atoms with Gasteiger partial charge in [0.25, 0.3) is 0 Å². The van der Waals surface area contributed by atoms with E-state index >= 15 is 0 Å². The largest absolute Gasteiger partial charge is 0.497 e. The Morgan fingerprint density at radius 3 is 2.47 bits per heavy atom. The first-order chi connectivity index (χ1) is 14.6. The predicted octanol–water partition coefficient (Wildman–Crippen LogP) is 2.26. The van der Waals surface area contributed by atoms with Gasteiger partial charge in [-0.05, 0) is 48.2 Å². The molecule has 2 aliphatic rings. The lowest BCUT2D eigenvalue weighted by atomic mass is 10.2. The third-order valence-corrected chi connectivity index (χ3v) is 5.53. The fraction of sp³-hybridized carbons (Fsp3) is 0.435. The second-order valence-electron chi connectivity index (χ2n) is 7.90. The summed E-state index contributed by atoms with van der Waals surface area (Å²) in [7, 11) is 1.63. The zero-order chi connectivity index (χ0) is 20.9. The molecule has 1 atom stereocenters. The van der Waals surface area contributed by atoms with Gasteiger partial charge in [-0.2, -0.15) is 0 Å². The van der Waals surface area contributed by atoms with Crippen LogP contribution in [0.2, 0.25) is 0 Å².